The first-order valence-electron chi connectivity index (χ1n) is 6.06. The molecule has 3 aromatic rings. The van der Waals surface area contributed by atoms with Crippen LogP contribution in [0.2, 0.25) is 0 Å². The van der Waals surface area contributed by atoms with E-state index in [9.17, 15) is 4.79 Å². The summed E-state index contributed by atoms with van der Waals surface area (Å²) in [7, 11) is 0. The molecule has 0 bridgehead atoms. The van der Waals surface area contributed by atoms with Gasteiger partial charge in [-0.05, 0) is 24.3 Å². The highest BCUT2D eigenvalue weighted by molar-refractivity contribution is 5.72. The maximum atomic E-state index is 10.9. The molecule has 3 rings (SSSR count). The molecule has 0 amide bonds. The average molecular weight is 251 g/mol. The minimum atomic E-state index is 0.647. The third kappa shape index (κ3) is 2.33. The normalized spacial score (nSPS) is 10.5. The zero-order chi connectivity index (χ0) is 13.1. The van der Waals surface area contributed by atoms with Gasteiger partial charge >= 0.3 is 0 Å². The molecular formula is C15H13N3O. The minimum absolute atomic E-state index is 0.647. The average Bonchev–Trinajstić information content (AvgIpc) is 3.09. The van der Waals surface area contributed by atoms with E-state index in [0.29, 0.717) is 12.2 Å². The SMILES string of the molecule is O=Cc1cccn1Cc1cnn(-c2ccccc2)c1. The summed E-state index contributed by atoms with van der Waals surface area (Å²) in [5.74, 6) is 0. The Labute approximate surface area is 110 Å². The topological polar surface area (TPSA) is 39.8 Å². The zero-order valence-corrected chi connectivity index (χ0v) is 10.3. The number of para-hydroxylation sites is 1. The molecule has 0 saturated carbocycles. The van der Waals surface area contributed by atoms with Crippen LogP contribution >= 0.6 is 0 Å². The first-order chi connectivity index (χ1) is 9.36. The summed E-state index contributed by atoms with van der Waals surface area (Å²) in [6, 6.07) is 13.6. The Morgan fingerprint density at radius 2 is 1.95 bits per heavy atom. The molecule has 19 heavy (non-hydrogen) atoms. The molecule has 0 N–H and O–H groups in total. The molecule has 0 aliphatic carbocycles. The second-order valence-electron chi connectivity index (χ2n) is 4.31. The van der Waals surface area contributed by atoms with Crippen molar-refractivity contribution >= 4 is 6.29 Å². The summed E-state index contributed by atoms with van der Waals surface area (Å²) >= 11 is 0. The largest absolute Gasteiger partial charge is 0.341 e. The second kappa shape index (κ2) is 4.94. The molecule has 94 valence electrons. The lowest BCUT2D eigenvalue weighted by Crippen LogP contribution is -2.01. The molecule has 0 spiro atoms. The number of benzene rings is 1. The number of hydrogen-bond acceptors (Lipinski definition) is 2. The van der Waals surface area contributed by atoms with Gasteiger partial charge < -0.3 is 4.57 Å². The number of nitrogens with zero attached hydrogens (tertiary/aromatic N) is 3. The standard InChI is InChI=1S/C15H13N3O/c19-12-15-7-4-8-17(15)10-13-9-16-18(11-13)14-5-2-1-3-6-14/h1-9,11-12H,10H2. The number of carbonyl (C=O) groups is 1. The van der Waals surface area contributed by atoms with E-state index >= 15 is 0 Å². The van der Waals surface area contributed by atoms with E-state index < -0.39 is 0 Å². The van der Waals surface area contributed by atoms with Crippen LogP contribution in [-0.4, -0.2) is 20.6 Å². The quantitative estimate of drug-likeness (QED) is 0.668. The van der Waals surface area contributed by atoms with Crippen LogP contribution in [-0.2, 0) is 6.54 Å². The summed E-state index contributed by atoms with van der Waals surface area (Å²) in [5.41, 5.74) is 2.76. The summed E-state index contributed by atoms with van der Waals surface area (Å²) in [6.07, 6.45) is 6.55. The van der Waals surface area contributed by atoms with E-state index in [2.05, 4.69) is 5.10 Å². The van der Waals surface area contributed by atoms with Gasteiger partial charge in [-0.3, -0.25) is 4.79 Å². The molecule has 1 aromatic carbocycles. The minimum Gasteiger partial charge on any atom is -0.341 e. The molecule has 4 heteroatoms. The summed E-state index contributed by atoms with van der Waals surface area (Å²) < 4.78 is 3.73. The van der Waals surface area contributed by atoms with E-state index in [1.54, 1.807) is 6.07 Å². The number of hydrogen-bond donors (Lipinski definition) is 0. The lowest BCUT2D eigenvalue weighted by atomic mass is 10.3. The maximum absolute atomic E-state index is 10.9. The van der Waals surface area contributed by atoms with Crippen LogP contribution in [0.15, 0.2) is 61.1 Å². The predicted octanol–water partition coefficient (Wildman–Crippen LogP) is 2.53. The Balaban J connectivity index is 1.84. The molecule has 2 aromatic heterocycles. The van der Waals surface area contributed by atoms with E-state index in [-0.39, 0.29) is 0 Å². The lowest BCUT2D eigenvalue weighted by Gasteiger charge is -2.02. The van der Waals surface area contributed by atoms with Crippen LogP contribution in [0.3, 0.4) is 0 Å². The van der Waals surface area contributed by atoms with Gasteiger partial charge in [-0.15, -0.1) is 0 Å². The molecular weight excluding hydrogens is 238 g/mol. The summed E-state index contributed by atoms with van der Waals surface area (Å²) in [6.45, 7) is 0.647. The van der Waals surface area contributed by atoms with Crippen molar-refractivity contribution in [2.45, 2.75) is 6.54 Å². The van der Waals surface area contributed by atoms with Crippen molar-refractivity contribution in [1.29, 1.82) is 0 Å². The Hall–Kier alpha value is -2.62. The van der Waals surface area contributed by atoms with E-state index in [0.717, 1.165) is 17.5 Å². The zero-order valence-electron chi connectivity index (χ0n) is 10.3. The first-order valence-corrected chi connectivity index (χ1v) is 6.06. The molecule has 0 aliphatic rings. The van der Waals surface area contributed by atoms with Crippen molar-refractivity contribution in [2.24, 2.45) is 0 Å². The van der Waals surface area contributed by atoms with Crippen molar-refractivity contribution < 1.29 is 4.79 Å². The Kier molecular flexibility index (Phi) is 2.98. The number of carbonyl (C=O) groups excluding carboxylic acids is 1. The highest BCUT2D eigenvalue weighted by Crippen LogP contribution is 2.10. The van der Waals surface area contributed by atoms with Crippen molar-refractivity contribution in [2.75, 3.05) is 0 Å². The molecule has 0 unspecified atom stereocenters. The van der Waals surface area contributed by atoms with Crippen molar-refractivity contribution in [1.82, 2.24) is 14.3 Å². The molecule has 0 aliphatic heterocycles. The fraction of sp³-hybridized carbons (Fsp3) is 0.0667. The molecule has 2 heterocycles. The highest BCUT2D eigenvalue weighted by Gasteiger charge is 2.04. The molecule has 0 fully saturated rings. The van der Waals surface area contributed by atoms with Gasteiger partial charge in [0.2, 0.25) is 0 Å². The van der Waals surface area contributed by atoms with Crippen molar-refractivity contribution in [3.63, 3.8) is 0 Å². The highest BCUT2D eigenvalue weighted by atomic mass is 16.1. The smallest absolute Gasteiger partial charge is 0.166 e. The Bertz CT molecular complexity index is 682. The Morgan fingerprint density at radius 1 is 1.11 bits per heavy atom. The van der Waals surface area contributed by atoms with Gasteiger partial charge in [-0.1, -0.05) is 18.2 Å². The van der Waals surface area contributed by atoms with Crippen LogP contribution in [0.4, 0.5) is 0 Å². The fourth-order valence-electron chi connectivity index (χ4n) is 2.04. The number of rotatable bonds is 4. The van der Waals surface area contributed by atoms with Crippen LogP contribution in [0.5, 0.6) is 0 Å². The molecule has 0 atom stereocenters. The Morgan fingerprint density at radius 3 is 2.74 bits per heavy atom. The van der Waals surface area contributed by atoms with Crippen molar-refractivity contribution in [3.8, 4) is 5.69 Å². The van der Waals surface area contributed by atoms with E-state index in [1.807, 2.05) is 64.2 Å². The monoisotopic (exact) mass is 251 g/mol. The second-order valence-corrected chi connectivity index (χ2v) is 4.31. The lowest BCUT2D eigenvalue weighted by molar-refractivity contribution is 0.111. The van der Waals surface area contributed by atoms with Gasteiger partial charge in [0.1, 0.15) is 0 Å². The molecule has 0 radical (unpaired) electrons. The predicted molar refractivity (Wildman–Crippen MR) is 72.5 cm³/mol. The van der Waals surface area contributed by atoms with E-state index in [1.165, 1.54) is 0 Å². The van der Waals surface area contributed by atoms with Crippen molar-refractivity contribution in [3.05, 3.63) is 72.3 Å². The van der Waals surface area contributed by atoms with Gasteiger partial charge in [0.15, 0.2) is 6.29 Å². The fourth-order valence-corrected chi connectivity index (χ4v) is 2.04. The van der Waals surface area contributed by atoms with E-state index in [4.69, 9.17) is 0 Å². The summed E-state index contributed by atoms with van der Waals surface area (Å²) in [5, 5.41) is 4.34. The van der Waals surface area contributed by atoms with Crippen LogP contribution in [0.1, 0.15) is 16.1 Å². The van der Waals surface area contributed by atoms with Gasteiger partial charge in [0, 0.05) is 18.0 Å². The maximum Gasteiger partial charge on any atom is 0.166 e. The first kappa shape index (κ1) is 11.5. The molecule has 0 saturated heterocycles. The van der Waals surface area contributed by atoms with Gasteiger partial charge in [-0.25, -0.2) is 4.68 Å². The third-order valence-corrected chi connectivity index (χ3v) is 3.00. The van der Waals surface area contributed by atoms with Crippen LogP contribution in [0, 0.1) is 0 Å². The van der Waals surface area contributed by atoms with Gasteiger partial charge in [0.05, 0.1) is 24.1 Å². The third-order valence-electron chi connectivity index (χ3n) is 3.00. The van der Waals surface area contributed by atoms with Crippen LogP contribution in [0.25, 0.3) is 5.69 Å². The van der Waals surface area contributed by atoms with Gasteiger partial charge in [0.25, 0.3) is 0 Å². The number of aldehydes is 1. The molecule has 4 nitrogen and oxygen atoms in total. The number of aromatic nitrogens is 3. The van der Waals surface area contributed by atoms with Crippen LogP contribution < -0.4 is 0 Å². The summed E-state index contributed by atoms with van der Waals surface area (Å²) in [4.78, 5) is 10.9. The van der Waals surface area contributed by atoms with Gasteiger partial charge in [-0.2, -0.15) is 5.10 Å².